The maximum Gasteiger partial charge on any atom is 0.339 e. The average Bonchev–Trinajstić information content (AvgIpc) is 2.37. The van der Waals surface area contributed by atoms with E-state index in [9.17, 15) is 14.7 Å². The molecule has 100 valence electrons. The Hall–Kier alpha value is -2.30. The number of anilines is 1. The molecule has 0 heterocycles. The van der Waals surface area contributed by atoms with E-state index in [2.05, 4.69) is 5.32 Å². The Labute approximate surface area is 110 Å². The average molecular weight is 261 g/mol. The molecule has 0 radical (unpaired) electrons. The summed E-state index contributed by atoms with van der Waals surface area (Å²) in [6, 6.07) is 4.20. The van der Waals surface area contributed by atoms with Crippen molar-refractivity contribution >= 4 is 17.4 Å². The number of aromatic carboxylic acids is 1. The summed E-state index contributed by atoms with van der Waals surface area (Å²) >= 11 is 0. The number of carbonyl (C=O) groups excluding carboxylic acids is 1. The highest BCUT2D eigenvalue weighted by atomic mass is 16.4. The van der Waals surface area contributed by atoms with Gasteiger partial charge >= 0.3 is 5.97 Å². The molecule has 1 saturated carbocycles. The van der Waals surface area contributed by atoms with E-state index in [1.807, 2.05) is 0 Å². The highest BCUT2D eigenvalue weighted by Gasteiger charge is 2.14. The van der Waals surface area contributed by atoms with E-state index in [1.54, 1.807) is 12.3 Å². The summed E-state index contributed by atoms with van der Waals surface area (Å²) in [7, 11) is 0. The number of hydrogen-bond acceptors (Lipinski definition) is 4. The topological polar surface area (TPSA) is 86.6 Å². The Kier molecular flexibility index (Phi) is 3.85. The molecule has 0 amide bonds. The summed E-state index contributed by atoms with van der Waals surface area (Å²) in [4.78, 5) is 22.3. The molecule has 3 N–H and O–H groups in total. The van der Waals surface area contributed by atoms with Crippen LogP contribution < -0.4 is 5.32 Å². The van der Waals surface area contributed by atoms with Crippen LogP contribution in [0.5, 0.6) is 5.75 Å². The molecule has 0 unspecified atom stereocenters. The third kappa shape index (κ3) is 3.13. The van der Waals surface area contributed by atoms with Gasteiger partial charge in [-0.05, 0) is 31.4 Å². The lowest BCUT2D eigenvalue weighted by Crippen LogP contribution is -2.09. The predicted octanol–water partition coefficient (Wildman–Crippen LogP) is 2.53. The third-order valence-electron chi connectivity index (χ3n) is 3.10. The van der Waals surface area contributed by atoms with Crippen molar-refractivity contribution in [1.29, 1.82) is 0 Å². The first-order valence-electron chi connectivity index (χ1n) is 6.13. The van der Waals surface area contributed by atoms with E-state index >= 15 is 0 Å². The Morgan fingerprint density at radius 3 is 2.63 bits per heavy atom. The van der Waals surface area contributed by atoms with E-state index in [0.717, 1.165) is 24.8 Å². The van der Waals surface area contributed by atoms with E-state index in [-0.39, 0.29) is 17.1 Å². The molecule has 0 aromatic heterocycles. The van der Waals surface area contributed by atoms with Gasteiger partial charge in [0, 0.05) is 29.9 Å². The Morgan fingerprint density at radius 1 is 1.26 bits per heavy atom. The summed E-state index contributed by atoms with van der Waals surface area (Å²) in [5, 5.41) is 21.2. The monoisotopic (exact) mass is 261 g/mol. The molecule has 1 aromatic rings. The highest BCUT2D eigenvalue weighted by Crippen LogP contribution is 2.23. The largest absolute Gasteiger partial charge is 0.507 e. The second-order valence-corrected chi connectivity index (χ2v) is 4.48. The van der Waals surface area contributed by atoms with Crippen LogP contribution in [-0.2, 0) is 4.79 Å². The molecule has 2 rings (SSSR count). The number of ketones is 1. The maximum atomic E-state index is 11.6. The number of carboxylic acid groups (broad SMARTS) is 1. The van der Waals surface area contributed by atoms with Crippen LogP contribution >= 0.6 is 0 Å². The molecule has 0 atom stereocenters. The minimum Gasteiger partial charge on any atom is -0.507 e. The zero-order chi connectivity index (χ0) is 13.8. The zero-order valence-electron chi connectivity index (χ0n) is 10.3. The van der Waals surface area contributed by atoms with Crippen molar-refractivity contribution in [1.82, 2.24) is 0 Å². The number of phenols is 1. The first kappa shape index (κ1) is 13.1. The number of benzene rings is 1. The van der Waals surface area contributed by atoms with Crippen LogP contribution in [0.1, 0.15) is 36.0 Å². The summed E-state index contributed by atoms with van der Waals surface area (Å²) in [6.45, 7) is 0. The molecule has 1 aromatic carbocycles. The fourth-order valence-electron chi connectivity index (χ4n) is 2.03. The van der Waals surface area contributed by atoms with E-state index in [4.69, 9.17) is 5.11 Å². The molecule has 0 aliphatic heterocycles. The van der Waals surface area contributed by atoms with Gasteiger partial charge in [0.25, 0.3) is 0 Å². The van der Waals surface area contributed by atoms with Crippen LogP contribution in [0.3, 0.4) is 0 Å². The van der Waals surface area contributed by atoms with E-state index in [1.165, 1.54) is 12.1 Å². The summed E-state index contributed by atoms with van der Waals surface area (Å²) in [5.41, 5.74) is 1.15. The lowest BCUT2D eigenvalue weighted by Gasteiger charge is -2.13. The molecule has 1 aliphatic carbocycles. The van der Waals surface area contributed by atoms with Crippen LogP contribution in [0, 0.1) is 0 Å². The van der Waals surface area contributed by atoms with Gasteiger partial charge in [-0.15, -0.1) is 0 Å². The number of aromatic hydroxyl groups is 1. The van der Waals surface area contributed by atoms with Gasteiger partial charge in [-0.2, -0.15) is 0 Å². The second kappa shape index (κ2) is 5.56. The molecule has 0 spiro atoms. The molecule has 0 bridgehead atoms. The standard InChI is InChI=1S/C14H15NO4/c16-12-4-2-1-3-9(12)8-15-10-5-6-11(14(18)19)13(17)7-10/h5-8,15,17H,1-4H2,(H,18,19). The normalized spacial score (nSPS) is 17.5. The Bertz CT molecular complexity index is 548. The fraction of sp³-hybridized carbons (Fsp3) is 0.286. The van der Waals surface area contributed by atoms with E-state index < -0.39 is 5.97 Å². The molecule has 1 fully saturated rings. The van der Waals surface area contributed by atoms with Crippen LogP contribution in [0.4, 0.5) is 5.69 Å². The van der Waals surface area contributed by atoms with Gasteiger partial charge in [-0.25, -0.2) is 4.79 Å². The maximum absolute atomic E-state index is 11.6. The lowest BCUT2D eigenvalue weighted by atomic mass is 9.94. The van der Waals surface area contributed by atoms with Gasteiger partial charge in [0.1, 0.15) is 11.3 Å². The molecular weight excluding hydrogens is 246 g/mol. The number of allylic oxidation sites excluding steroid dienone is 1. The smallest absolute Gasteiger partial charge is 0.339 e. The number of hydrogen-bond donors (Lipinski definition) is 3. The van der Waals surface area contributed by atoms with Gasteiger partial charge in [0.15, 0.2) is 5.78 Å². The molecule has 19 heavy (non-hydrogen) atoms. The zero-order valence-corrected chi connectivity index (χ0v) is 10.3. The summed E-state index contributed by atoms with van der Waals surface area (Å²) in [6.07, 6.45) is 4.91. The van der Waals surface area contributed by atoms with Crippen molar-refractivity contribution in [3.63, 3.8) is 0 Å². The first-order valence-corrected chi connectivity index (χ1v) is 6.13. The van der Waals surface area contributed by atoms with Gasteiger partial charge in [0.05, 0.1) is 0 Å². The minimum absolute atomic E-state index is 0.144. The molecule has 5 heteroatoms. The second-order valence-electron chi connectivity index (χ2n) is 4.48. The number of nitrogens with one attached hydrogen (secondary N) is 1. The Morgan fingerprint density at radius 2 is 2.00 bits per heavy atom. The van der Waals surface area contributed by atoms with Crippen LogP contribution in [0.25, 0.3) is 0 Å². The minimum atomic E-state index is -1.18. The number of carboxylic acids is 1. The highest BCUT2D eigenvalue weighted by molar-refractivity contribution is 5.96. The molecule has 5 nitrogen and oxygen atoms in total. The quantitative estimate of drug-likeness (QED) is 0.728. The predicted molar refractivity (Wildman–Crippen MR) is 70.2 cm³/mol. The first-order chi connectivity index (χ1) is 9.08. The van der Waals surface area contributed by atoms with Crippen molar-refractivity contribution in [3.05, 3.63) is 35.5 Å². The van der Waals surface area contributed by atoms with Crippen molar-refractivity contribution < 1.29 is 19.8 Å². The summed E-state index contributed by atoms with van der Waals surface area (Å²) < 4.78 is 0. The molecule has 0 saturated heterocycles. The van der Waals surface area contributed by atoms with Crippen LogP contribution in [-0.4, -0.2) is 22.0 Å². The van der Waals surface area contributed by atoms with Crippen molar-refractivity contribution in [2.45, 2.75) is 25.7 Å². The van der Waals surface area contributed by atoms with Gasteiger partial charge in [-0.3, -0.25) is 4.79 Å². The van der Waals surface area contributed by atoms with E-state index in [0.29, 0.717) is 12.1 Å². The number of rotatable bonds is 3. The number of Topliss-reactive ketones (excluding diaryl/α,β-unsaturated/α-hetero) is 1. The molecule has 1 aliphatic rings. The number of carbonyl (C=O) groups is 2. The lowest BCUT2D eigenvalue weighted by molar-refractivity contribution is -0.116. The van der Waals surface area contributed by atoms with Crippen molar-refractivity contribution in [2.75, 3.05) is 5.32 Å². The van der Waals surface area contributed by atoms with Crippen LogP contribution in [0.2, 0.25) is 0 Å². The molecular formula is C14H15NO4. The van der Waals surface area contributed by atoms with Gasteiger partial charge in [0.2, 0.25) is 0 Å². The van der Waals surface area contributed by atoms with Crippen molar-refractivity contribution in [3.8, 4) is 5.75 Å². The SMILES string of the molecule is O=C1CCCCC1=CNc1ccc(C(=O)O)c(O)c1. The van der Waals surface area contributed by atoms with Crippen molar-refractivity contribution in [2.24, 2.45) is 0 Å². The van der Waals surface area contributed by atoms with Gasteiger partial charge < -0.3 is 15.5 Å². The Balaban J connectivity index is 2.11. The fourth-order valence-corrected chi connectivity index (χ4v) is 2.03. The van der Waals surface area contributed by atoms with Gasteiger partial charge in [-0.1, -0.05) is 0 Å². The third-order valence-corrected chi connectivity index (χ3v) is 3.10. The van der Waals surface area contributed by atoms with Crippen LogP contribution in [0.15, 0.2) is 30.0 Å². The summed E-state index contributed by atoms with van der Waals surface area (Å²) in [5.74, 6) is -1.33.